The maximum atomic E-state index is 9.66. The number of aliphatic carboxylic acids is 1. The summed E-state index contributed by atoms with van der Waals surface area (Å²) in [7, 11) is 0. The molecule has 0 radical (unpaired) electrons. The van der Waals surface area contributed by atoms with Gasteiger partial charge in [-0.2, -0.15) is 0 Å². The Morgan fingerprint density at radius 3 is 1.80 bits per heavy atom. The van der Waals surface area contributed by atoms with E-state index in [1.165, 1.54) is 0 Å². The summed E-state index contributed by atoms with van der Waals surface area (Å²) in [5, 5.41) is 15.4. The summed E-state index contributed by atoms with van der Waals surface area (Å²) in [5.41, 5.74) is 4.60. The standard InChI is InChI=1S/C3H7NO2.C2H4O2/c4-3(6)1-2-5;1-2(3)4/h5H,1-2H2,(H2,4,6);1H3,(H,3,4). The Hall–Kier alpha value is -1.10. The number of amides is 1. The molecule has 0 spiro atoms. The molecule has 10 heavy (non-hydrogen) atoms. The molecular weight excluding hydrogens is 138 g/mol. The van der Waals surface area contributed by atoms with Crippen LogP contribution in [-0.4, -0.2) is 28.7 Å². The van der Waals surface area contributed by atoms with Gasteiger partial charge in [0.25, 0.3) is 5.97 Å². The molecule has 0 saturated carbocycles. The fraction of sp³-hybridized carbons (Fsp3) is 0.600. The molecule has 4 N–H and O–H groups in total. The first-order valence-corrected chi connectivity index (χ1v) is 2.59. The number of nitrogens with two attached hydrogens (primary N) is 1. The fourth-order valence-corrected chi connectivity index (χ4v) is 0.110. The van der Waals surface area contributed by atoms with Gasteiger partial charge in [0.1, 0.15) is 0 Å². The molecule has 0 aliphatic heterocycles. The second-order valence-corrected chi connectivity index (χ2v) is 1.46. The number of primary amides is 1. The second kappa shape index (κ2) is 7.90. The first-order valence-electron chi connectivity index (χ1n) is 2.59. The normalized spacial score (nSPS) is 7.40. The highest BCUT2D eigenvalue weighted by Gasteiger charge is 1.85. The van der Waals surface area contributed by atoms with Crippen molar-refractivity contribution in [1.29, 1.82) is 0 Å². The van der Waals surface area contributed by atoms with Crippen molar-refractivity contribution in [3.63, 3.8) is 0 Å². The number of carbonyl (C=O) groups is 2. The van der Waals surface area contributed by atoms with Gasteiger partial charge in [0.05, 0.1) is 6.61 Å². The summed E-state index contributed by atoms with van der Waals surface area (Å²) in [6.45, 7) is 0.940. The lowest BCUT2D eigenvalue weighted by Gasteiger charge is -1.81. The molecule has 0 atom stereocenters. The zero-order valence-electron chi connectivity index (χ0n) is 5.70. The number of carboxylic acids is 1. The number of carbonyl (C=O) groups excluding carboxylic acids is 1. The van der Waals surface area contributed by atoms with Crippen LogP contribution in [0.25, 0.3) is 0 Å². The van der Waals surface area contributed by atoms with Crippen LogP contribution in [0.5, 0.6) is 0 Å². The van der Waals surface area contributed by atoms with Crippen molar-refractivity contribution in [1.82, 2.24) is 0 Å². The smallest absolute Gasteiger partial charge is 0.300 e. The first-order chi connectivity index (χ1) is 4.50. The Balaban J connectivity index is 0. The highest BCUT2D eigenvalue weighted by Crippen LogP contribution is 1.66. The van der Waals surface area contributed by atoms with Gasteiger partial charge in [0, 0.05) is 13.3 Å². The molecule has 1 amide bonds. The minimum atomic E-state index is -0.833. The number of hydrogen-bond acceptors (Lipinski definition) is 3. The number of hydrogen-bond donors (Lipinski definition) is 3. The average molecular weight is 149 g/mol. The molecule has 60 valence electrons. The van der Waals surface area contributed by atoms with Crippen LogP contribution in [0, 0.1) is 0 Å². The summed E-state index contributed by atoms with van der Waals surface area (Å²) in [6.07, 6.45) is 0.0694. The summed E-state index contributed by atoms with van der Waals surface area (Å²) >= 11 is 0. The van der Waals surface area contributed by atoms with Crippen LogP contribution in [0.2, 0.25) is 0 Å². The van der Waals surface area contributed by atoms with Gasteiger partial charge in [-0.15, -0.1) is 0 Å². The molecule has 0 saturated heterocycles. The molecule has 0 aliphatic carbocycles. The van der Waals surface area contributed by atoms with Gasteiger partial charge in [-0.05, 0) is 0 Å². The van der Waals surface area contributed by atoms with E-state index in [9.17, 15) is 4.79 Å². The van der Waals surface area contributed by atoms with Crippen LogP contribution in [0.3, 0.4) is 0 Å². The minimum Gasteiger partial charge on any atom is -0.481 e. The van der Waals surface area contributed by atoms with Crippen LogP contribution >= 0.6 is 0 Å². The summed E-state index contributed by atoms with van der Waals surface area (Å²) in [5.74, 6) is -1.29. The van der Waals surface area contributed by atoms with Gasteiger partial charge in [0.15, 0.2) is 0 Å². The molecule has 0 heterocycles. The summed E-state index contributed by atoms with van der Waals surface area (Å²) < 4.78 is 0. The third-order valence-corrected chi connectivity index (χ3v) is 0.358. The minimum absolute atomic E-state index is 0.0694. The fourth-order valence-electron chi connectivity index (χ4n) is 0.110. The quantitative estimate of drug-likeness (QED) is 0.466. The number of rotatable bonds is 2. The number of aliphatic hydroxyl groups excluding tert-OH is 1. The Kier molecular flexibility index (Phi) is 9.22. The van der Waals surface area contributed by atoms with Crippen molar-refractivity contribution in [2.75, 3.05) is 6.61 Å². The highest BCUT2D eigenvalue weighted by molar-refractivity contribution is 5.73. The number of carboxylic acid groups (broad SMARTS) is 1. The molecule has 0 fully saturated rings. The van der Waals surface area contributed by atoms with E-state index >= 15 is 0 Å². The van der Waals surface area contributed by atoms with Crippen molar-refractivity contribution < 1.29 is 19.8 Å². The maximum absolute atomic E-state index is 9.66. The molecule has 0 rings (SSSR count). The van der Waals surface area contributed by atoms with Crippen molar-refractivity contribution >= 4 is 11.9 Å². The average Bonchev–Trinajstić information content (AvgIpc) is 1.62. The lowest BCUT2D eigenvalue weighted by molar-refractivity contribution is -0.134. The second-order valence-electron chi connectivity index (χ2n) is 1.46. The van der Waals surface area contributed by atoms with Crippen LogP contribution < -0.4 is 5.73 Å². The van der Waals surface area contributed by atoms with Gasteiger partial charge in [0.2, 0.25) is 5.91 Å². The van der Waals surface area contributed by atoms with E-state index in [2.05, 4.69) is 5.73 Å². The van der Waals surface area contributed by atoms with Crippen LogP contribution in [0.15, 0.2) is 0 Å². The largest absolute Gasteiger partial charge is 0.481 e. The van der Waals surface area contributed by atoms with E-state index < -0.39 is 11.9 Å². The SMILES string of the molecule is CC(=O)O.NC(=O)CCO. The van der Waals surface area contributed by atoms with E-state index in [4.69, 9.17) is 15.0 Å². The van der Waals surface area contributed by atoms with Crippen LogP contribution in [-0.2, 0) is 9.59 Å². The lowest BCUT2D eigenvalue weighted by atomic mass is 10.4. The summed E-state index contributed by atoms with van der Waals surface area (Å²) in [4.78, 5) is 18.7. The van der Waals surface area contributed by atoms with Crippen LogP contribution in [0.1, 0.15) is 13.3 Å². The van der Waals surface area contributed by atoms with E-state index in [0.717, 1.165) is 6.92 Å². The maximum Gasteiger partial charge on any atom is 0.300 e. The predicted octanol–water partition coefficient (Wildman–Crippen LogP) is -1.05. The predicted molar refractivity (Wildman–Crippen MR) is 34.2 cm³/mol. The zero-order chi connectivity index (χ0) is 8.57. The number of aliphatic hydroxyl groups is 1. The molecule has 5 heteroatoms. The molecule has 0 aromatic rings. The molecular formula is C5H11NO4. The molecule has 0 unspecified atom stereocenters. The zero-order valence-corrected chi connectivity index (χ0v) is 5.70. The van der Waals surface area contributed by atoms with Crippen molar-refractivity contribution in [3.8, 4) is 0 Å². The Morgan fingerprint density at radius 2 is 1.80 bits per heavy atom. The molecule has 0 bridgehead atoms. The summed E-state index contributed by atoms with van der Waals surface area (Å²) in [6, 6.07) is 0. The monoisotopic (exact) mass is 149 g/mol. The Morgan fingerprint density at radius 1 is 1.50 bits per heavy atom. The molecule has 0 aliphatic rings. The van der Waals surface area contributed by atoms with Gasteiger partial charge in [-0.3, -0.25) is 9.59 Å². The lowest BCUT2D eigenvalue weighted by Crippen LogP contribution is -2.11. The molecule has 0 aromatic carbocycles. The van der Waals surface area contributed by atoms with E-state index in [0.29, 0.717) is 0 Å². The van der Waals surface area contributed by atoms with Gasteiger partial charge in [-0.1, -0.05) is 0 Å². The Labute approximate surface area is 58.5 Å². The molecule has 0 aromatic heterocycles. The van der Waals surface area contributed by atoms with Crippen molar-refractivity contribution in [2.45, 2.75) is 13.3 Å². The Bertz CT molecular complexity index is 108. The van der Waals surface area contributed by atoms with Gasteiger partial charge < -0.3 is 15.9 Å². The third-order valence-electron chi connectivity index (χ3n) is 0.358. The van der Waals surface area contributed by atoms with E-state index in [1.54, 1.807) is 0 Å². The first kappa shape index (κ1) is 11.7. The van der Waals surface area contributed by atoms with Crippen molar-refractivity contribution in [3.05, 3.63) is 0 Å². The van der Waals surface area contributed by atoms with E-state index in [-0.39, 0.29) is 13.0 Å². The van der Waals surface area contributed by atoms with Crippen LogP contribution in [0.4, 0.5) is 0 Å². The highest BCUT2D eigenvalue weighted by atomic mass is 16.4. The third kappa shape index (κ3) is 66.5. The molecule has 5 nitrogen and oxygen atoms in total. The van der Waals surface area contributed by atoms with Gasteiger partial charge in [-0.25, -0.2) is 0 Å². The topological polar surface area (TPSA) is 101 Å². The van der Waals surface area contributed by atoms with Crippen molar-refractivity contribution in [2.24, 2.45) is 5.73 Å². The van der Waals surface area contributed by atoms with E-state index in [1.807, 2.05) is 0 Å². The van der Waals surface area contributed by atoms with Gasteiger partial charge >= 0.3 is 0 Å².